The molecule has 30 heavy (non-hydrogen) atoms. The van der Waals surface area contributed by atoms with Crippen LogP contribution in [0.15, 0.2) is 36.4 Å². The lowest BCUT2D eigenvalue weighted by molar-refractivity contribution is -0.117. The lowest BCUT2D eigenvalue weighted by atomic mass is 9.92. The zero-order valence-corrected chi connectivity index (χ0v) is 16.7. The van der Waals surface area contributed by atoms with Gasteiger partial charge in [-0.15, -0.1) is 5.23 Å². The first-order valence-corrected chi connectivity index (χ1v) is 9.60. The standard InChI is InChI=1S/C21H23N3O6/c1-13-3-5-16-12-20(24(29)30)17(6-4-14(2)25)11-19(16)22(13)21(26)15-7-9-18(10-8-15)23(27)28/h7-13,29-30H,3-6H2,1-2H3/q-2. The fourth-order valence-electron chi connectivity index (χ4n) is 3.69. The molecule has 9 nitrogen and oxygen atoms in total. The number of rotatable bonds is 6. The maximum absolute atomic E-state index is 13.2. The first kappa shape index (κ1) is 21.7. The molecule has 1 unspecified atom stereocenters. The van der Waals surface area contributed by atoms with Gasteiger partial charge >= 0.3 is 0 Å². The lowest BCUT2D eigenvalue weighted by Gasteiger charge is -2.38. The van der Waals surface area contributed by atoms with E-state index in [2.05, 4.69) is 0 Å². The van der Waals surface area contributed by atoms with E-state index in [1.54, 1.807) is 17.0 Å². The summed E-state index contributed by atoms with van der Waals surface area (Å²) in [5.41, 5.74) is 2.34. The second kappa shape index (κ2) is 8.80. The van der Waals surface area contributed by atoms with E-state index in [1.807, 2.05) is 6.92 Å². The average molecular weight is 413 g/mol. The van der Waals surface area contributed by atoms with Crippen LogP contribution in [0.1, 0.15) is 48.2 Å². The zero-order valence-electron chi connectivity index (χ0n) is 16.7. The predicted molar refractivity (Wildman–Crippen MR) is 112 cm³/mol. The number of anilines is 3. The molecule has 2 N–H and O–H groups in total. The van der Waals surface area contributed by atoms with Gasteiger partial charge in [-0.3, -0.25) is 15.2 Å². The van der Waals surface area contributed by atoms with Crippen LogP contribution in [-0.4, -0.2) is 28.1 Å². The van der Waals surface area contributed by atoms with Crippen LogP contribution in [0.3, 0.4) is 0 Å². The number of carbonyl (C=O) groups is 2. The van der Waals surface area contributed by atoms with Crippen molar-refractivity contribution in [2.45, 2.75) is 45.6 Å². The van der Waals surface area contributed by atoms with E-state index in [4.69, 9.17) is 0 Å². The predicted octanol–water partition coefficient (Wildman–Crippen LogP) is 3.58. The van der Waals surface area contributed by atoms with Gasteiger partial charge in [0.2, 0.25) is 0 Å². The van der Waals surface area contributed by atoms with Gasteiger partial charge < -0.3 is 25.3 Å². The molecule has 0 aliphatic carbocycles. The average Bonchev–Trinajstić information content (AvgIpc) is 2.71. The molecule has 0 radical (unpaired) electrons. The number of nitrogens with zero attached hydrogens (tertiary/aromatic N) is 3. The molecule has 1 heterocycles. The smallest absolute Gasteiger partial charge is 0.258 e. The summed E-state index contributed by atoms with van der Waals surface area (Å²) in [4.78, 5) is 26.3. The molecule has 2 aromatic carbocycles. The van der Waals surface area contributed by atoms with Crippen LogP contribution in [0, 0.1) is 10.4 Å². The maximum atomic E-state index is 13.2. The Kier molecular flexibility index (Phi) is 6.37. The Balaban J connectivity index is 2.02. The summed E-state index contributed by atoms with van der Waals surface area (Å²) in [5, 5.41) is 40.5. The molecule has 0 spiro atoms. The summed E-state index contributed by atoms with van der Waals surface area (Å²) in [6, 6.07) is 8.65. The summed E-state index contributed by atoms with van der Waals surface area (Å²) in [7, 11) is 0. The van der Waals surface area contributed by atoms with Gasteiger partial charge in [0, 0.05) is 29.4 Å². The number of hydrogen-bond donors (Lipinski definition) is 2. The SMILES string of the molecule is CC(=O)CCc1cc2c(cc1N(O)O)CCC(C)N2C(=O)c1ccc(N([O-])[O-])cc1. The van der Waals surface area contributed by atoms with E-state index >= 15 is 0 Å². The first-order valence-electron chi connectivity index (χ1n) is 9.60. The van der Waals surface area contributed by atoms with Gasteiger partial charge in [0.25, 0.3) is 5.91 Å². The number of hydrogen-bond acceptors (Lipinski definition) is 8. The zero-order chi connectivity index (χ0) is 22.0. The van der Waals surface area contributed by atoms with Crippen molar-refractivity contribution in [1.82, 2.24) is 0 Å². The number of ketones is 1. The molecule has 9 heteroatoms. The molecule has 1 aliphatic heterocycles. The first-order chi connectivity index (χ1) is 14.2. The summed E-state index contributed by atoms with van der Waals surface area (Å²) in [6.07, 6.45) is 1.85. The number of benzene rings is 2. The largest absolute Gasteiger partial charge is 0.769 e. The van der Waals surface area contributed by atoms with Crippen LogP contribution in [-0.2, 0) is 17.6 Å². The van der Waals surface area contributed by atoms with Gasteiger partial charge in [-0.1, -0.05) is 0 Å². The minimum atomic E-state index is -0.522. The Bertz CT molecular complexity index is 943. The van der Waals surface area contributed by atoms with Crippen LogP contribution in [0.4, 0.5) is 17.1 Å². The second-order valence-electron chi connectivity index (χ2n) is 7.47. The molecule has 1 aliphatic rings. The molecule has 0 bridgehead atoms. The molecule has 1 amide bonds. The molecule has 0 aromatic heterocycles. The Labute approximate surface area is 173 Å². The summed E-state index contributed by atoms with van der Waals surface area (Å²) >= 11 is 0. The highest BCUT2D eigenvalue weighted by Gasteiger charge is 2.30. The molecule has 3 rings (SSSR count). The normalized spacial score (nSPS) is 15.5. The van der Waals surface area contributed by atoms with Crippen molar-refractivity contribution in [1.29, 1.82) is 0 Å². The molecule has 160 valence electrons. The van der Waals surface area contributed by atoms with Gasteiger partial charge in [-0.05, 0) is 80.6 Å². The maximum Gasteiger partial charge on any atom is 0.258 e. The van der Waals surface area contributed by atoms with Crippen molar-refractivity contribution >= 4 is 28.8 Å². The second-order valence-corrected chi connectivity index (χ2v) is 7.47. The van der Waals surface area contributed by atoms with Crippen molar-refractivity contribution < 1.29 is 20.0 Å². The highest BCUT2D eigenvalue weighted by molar-refractivity contribution is 6.07. The third-order valence-corrected chi connectivity index (χ3v) is 5.32. The van der Waals surface area contributed by atoms with Crippen LogP contribution in [0.2, 0.25) is 0 Å². The Morgan fingerprint density at radius 3 is 2.40 bits per heavy atom. The van der Waals surface area contributed by atoms with Crippen LogP contribution in [0.5, 0.6) is 0 Å². The molecule has 0 saturated carbocycles. The molecular weight excluding hydrogens is 390 g/mol. The Morgan fingerprint density at radius 2 is 1.83 bits per heavy atom. The van der Waals surface area contributed by atoms with Gasteiger partial charge in [-0.2, -0.15) is 0 Å². The van der Waals surface area contributed by atoms with Crippen LogP contribution in [0.25, 0.3) is 0 Å². The molecular formula is C21H23N3O6-2. The van der Waals surface area contributed by atoms with Crippen molar-refractivity contribution in [2.75, 3.05) is 15.4 Å². The molecule has 0 saturated heterocycles. The van der Waals surface area contributed by atoms with Gasteiger partial charge in [0.05, 0.1) is 5.69 Å². The fraction of sp³-hybridized carbons (Fsp3) is 0.333. The summed E-state index contributed by atoms with van der Waals surface area (Å²) < 4.78 is 0. The summed E-state index contributed by atoms with van der Waals surface area (Å²) in [5.74, 6) is -0.332. The minimum Gasteiger partial charge on any atom is -0.769 e. The lowest BCUT2D eigenvalue weighted by Crippen LogP contribution is -2.42. The number of fused-ring (bicyclic) bond motifs is 1. The monoisotopic (exact) mass is 413 g/mol. The quantitative estimate of drug-likeness (QED) is 0.687. The van der Waals surface area contributed by atoms with E-state index in [9.17, 15) is 30.4 Å². The Hall–Kier alpha value is -2.98. The van der Waals surface area contributed by atoms with Gasteiger partial charge in [0.1, 0.15) is 5.78 Å². The third-order valence-electron chi connectivity index (χ3n) is 5.32. The number of amides is 1. The van der Waals surface area contributed by atoms with E-state index in [1.165, 1.54) is 31.2 Å². The van der Waals surface area contributed by atoms with E-state index < -0.39 is 5.23 Å². The molecule has 0 fully saturated rings. The van der Waals surface area contributed by atoms with E-state index in [0.29, 0.717) is 36.1 Å². The number of carbonyl (C=O) groups excluding carboxylic acids is 2. The summed E-state index contributed by atoms with van der Waals surface area (Å²) in [6.45, 7) is 3.38. The third kappa shape index (κ3) is 4.44. The highest BCUT2D eigenvalue weighted by atomic mass is 16.8. The van der Waals surface area contributed by atoms with Crippen molar-refractivity contribution in [3.8, 4) is 0 Å². The van der Waals surface area contributed by atoms with E-state index in [-0.39, 0.29) is 40.8 Å². The van der Waals surface area contributed by atoms with Crippen LogP contribution < -0.4 is 15.4 Å². The number of aryl methyl sites for hydroxylation is 2. The van der Waals surface area contributed by atoms with Crippen molar-refractivity contribution in [3.63, 3.8) is 0 Å². The van der Waals surface area contributed by atoms with Crippen LogP contribution >= 0.6 is 0 Å². The molecule has 1 atom stereocenters. The van der Waals surface area contributed by atoms with Gasteiger partial charge in [0.15, 0.2) is 0 Å². The van der Waals surface area contributed by atoms with Crippen molar-refractivity contribution in [2.24, 2.45) is 0 Å². The van der Waals surface area contributed by atoms with Crippen molar-refractivity contribution in [3.05, 3.63) is 63.5 Å². The van der Waals surface area contributed by atoms with E-state index in [0.717, 1.165) is 5.56 Å². The topological polar surface area (TPSA) is 130 Å². The number of Topliss-reactive ketones (excluding diaryl/α,β-unsaturated/α-hetero) is 1. The fourth-order valence-corrected chi connectivity index (χ4v) is 3.69. The van der Waals surface area contributed by atoms with Gasteiger partial charge in [-0.25, -0.2) is 0 Å². The minimum absolute atomic E-state index is 0.0340. The highest BCUT2D eigenvalue weighted by Crippen LogP contribution is 2.37. The molecule has 2 aromatic rings. The Morgan fingerprint density at radius 1 is 1.17 bits per heavy atom.